The van der Waals surface area contributed by atoms with Crippen LogP contribution in [0.25, 0.3) is 0 Å². The summed E-state index contributed by atoms with van der Waals surface area (Å²) in [5, 5.41) is 11.6. The van der Waals surface area contributed by atoms with Gasteiger partial charge in [0.05, 0.1) is 12.6 Å². The van der Waals surface area contributed by atoms with Crippen molar-refractivity contribution < 1.29 is 23.8 Å². The lowest BCUT2D eigenvalue weighted by Crippen LogP contribution is -2.31. The number of carboxylic acid groups (broad SMARTS) is 1. The Balaban J connectivity index is 1.73. The number of carbonyl (C=O) groups excluding carboxylic acids is 1. The molecule has 1 aliphatic carbocycles. The van der Waals surface area contributed by atoms with Crippen LogP contribution in [0.4, 0.5) is 0 Å². The minimum absolute atomic E-state index is 0.0306. The minimum atomic E-state index is -1.03. The van der Waals surface area contributed by atoms with Gasteiger partial charge in [-0.05, 0) is 31.7 Å². The Morgan fingerprint density at radius 1 is 1.45 bits per heavy atom. The van der Waals surface area contributed by atoms with Gasteiger partial charge in [-0.3, -0.25) is 4.79 Å². The molecule has 6 heteroatoms. The van der Waals surface area contributed by atoms with E-state index >= 15 is 0 Å². The molecule has 6 nitrogen and oxygen atoms in total. The van der Waals surface area contributed by atoms with E-state index in [2.05, 4.69) is 12.2 Å². The number of ether oxygens (including phenoxy) is 1. The van der Waals surface area contributed by atoms with Crippen molar-refractivity contribution in [3.8, 4) is 0 Å². The van der Waals surface area contributed by atoms with Gasteiger partial charge < -0.3 is 19.6 Å². The number of carboxylic acids is 1. The zero-order valence-electron chi connectivity index (χ0n) is 13.1. The zero-order valence-corrected chi connectivity index (χ0v) is 13.1. The van der Waals surface area contributed by atoms with Crippen LogP contribution in [-0.2, 0) is 16.1 Å². The molecule has 1 aromatic heterocycles. The Morgan fingerprint density at radius 2 is 2.23 bits per heavy atom. The molecule has 122 valence electrons. The fourth-order valence-corrected chi connectivity index (χ4v) is 2.80. The predicted octanol–water partition coefficient (Wildman–Crippen LogP) is 2.50. The molecule has 1 heterocycles. The van der Waals surface area contributed by atoms with Crippen molar-refractivity contribution >= 4 is 11.9 Å². The first-order valence-corrected chi connectivity index (χ1v) is 7.66. The summed E-state index contributed by atoms with van der Waals surface area (Å²) in [6.45, 7) is 3.98. The zero-order chi connectivity index (χ0) is 16.1. The normalized spacial score (nSPS) is 21.5. The molecule has 0 aliphatic heterocycles. The summed E-state index contributed by atoms with van der Waals surface area (Å²) in [6, 6.07) is 1.43. The van der Waals surface area contributed by atoms with Crippen LogP contribution in [0.1, 0.15) is 54.5 Å². The van der Waals surface area contributed by atoms with Gasteiger partial charge in [0, 0.05) is 0 Å². The number of carbonyl (C=O) groups is 2. The van der Waals surface area contributed by atoms with E-state index in [1.54, 1.807) is 6.92 Å². The van der Waals surface area contributed by atoms with Gasteiger partial charge in [-0.1, -0.05) is 19.8 Å². The lowest BCUT2D eigenvalue weighted by Gasteiger charge is -2.26. The third kappa shape index (κ3) is 4.59. The molecule has 1 aliphatic rings. The largest absolute Gasteiger partial charge is 0.478 e. The lowest BCUT2D eigenvalue weighted by atomic mass is 9.89. The monoisotopic (exact) mass is 309 g/mol. The molecule has 22 heavy (non-hydrogen) atoms. The minimum Gasteiger partial charge on any atom is -0.478 e. The second kappa shape index (κ2) is 7.45. The standard InChI is InChI=1S/C16H23NO5/c1-10-4-3-5-12(6-10)21-9-15(18)17-8-13-7-14(16(19)20)11(2)22-13/h7,10,12H,3-6,8-9H2,1-2H3,(H,17,18)(H,19,20)/t10-,12+/m1/s1. The van der Waals surface area contributed by atoms with Gasteiger partial charge >= 0.3 is 5.97 Å². The van der Waals surface area contributed by atoms with Gasteiger partial charge in [0.25, 0.3) is 0 Å². The van der Waals surface area contributed by atoms with Crippen molar-refractivity contribution in [2.75, 3.05) is 6.61 Å². The molecule has 0 radical (unpaired) electrons. The van der Waals surface area contributed by atoms with Crippen LogP contribution in [0.2, 0.25) is 0 Å². The Kier molecular flexibility index (Phi) is 5.60. The summed E-state index contributed by atoms with van der Waals surface area (Å²) >= 11 is 0. The molecule has 1 aromatic rings. The van der Waals surface area contributed by atoms with E-state index in [0.29, 0.717) is 17.4 Å². The van der Waals surface area contributed by atoms with Crippen molar-refractivity contribution in [2.45, 2.75) is 52.2 Å². The van der Waals surface area contributed by atoms with Crippen LogP contribution in [0.15, 0.2) is 10.5 Å². The number of nitrogens with one attached hydrogen (secondary N) is 1. The van der Waals surface area contributed by atoms with Gasteiger partial charge in [-0.2, -0.15) is 0 Å². The smallest absolute Gasteiger partial charge is 0.339 e. The van der Waals surface area contributed by atoms with Gasteiger partial charge in [0.1, 0.15) is 23.7 Å². The lowest BCUT2D eigenvalue weighted by molar-refractivity contribution is -0.129. The topological polar surface area (TPSA) is 88.8 Å². The molecule has 1 fully saturated rings. The highest BCUT2D eigenvalue weighted by molar-refractivity contribution is 5.88. The molecule has 0 aromatic carbocycles. The summed E-state index contributed by atoms with van der Waals surface area (Å²) in [6.07, 6.45) is 4.57. The molecule has 0 unspecified atom stereocenters. The number of amides is 1. The molecule has 2 rings (SSSR count). The van der Waals surface area contributed by atoms with E-state index in [4.69, 9.17) is 14.3 Å². The van der Waals surface area contributed by atoms with Crippen LogP contribution in [0, 0.1) is 12.8 Å². The SMILES string of the molecule is Cc1oc(CNC(=O)CO[C@H]2CCC[C@@H](C)C2)cc1C(=O)O. The molecule has 0 spiro atoms. The first kappa shape index (κ1) is 16.5. The second-order valence-electron chi connectivity index (χ2n) is 5.97. The van der Waals surface area contributed by atoms with Crippen LogP contribution < -0.4 is 5.32 Å². The number of hydrogen-bond donors (Lipinski definition) is 2. The third-order valence-corrected chi connectivity index (χ3v) is 4.00. The third-order valence-electron chi connectivity index (χ3n) is 4.00. The quantitative estimate of drug-likeness (QED) is 0.843. The molecular weight excluding hydrogens is 286 g/mol. The summed E-state index contributed by atoms with van der Waals surface area (Å²) in [4.78, 5) is 22.7. The fraction of sp³-hybridized carbons (Fsp3) is 0.625. The maximum atomic E-state index is 11.8. The second-order valence-corrected chi connectivity index (χ2v) is 5.97. The highest BCUT2D eigenvalue weighted by atomic mass is 16.5. The summed E-state index contributed by atoms with van der Waals surface area (Å²) in [5.41, 5.74) is 0.122. The van der Waals surface area contributed by atoms with Crippen molar-refractivity contribution in [2.24, 2.45) is 5.92 Å². The van der Waals surface area contributed by atoms with E-state index in [9.17, 15) is 9.59 Å². The Bertz CT molecular complexity index is 537. The Morgan fingerprint density at radius 3 is 2.86 bits per heavy atom. The maximum absolute atomic E-state index is 11.8. The first-order valence-electron chi connectivity index (χ1n) is 7.66. The Labute approximate surface area is 129 Å². The fourth-order valence-electron chi connectivity index (χ4n) is 2.80. The van der Waals surface area contributed by atoms with Gasteiger partial charge in [-0.15, -0.1) is 0 Å². The predicted molar refractivity (Wildman–Crippen MR) is 79.6 cm³/mol. The molecule has 1 amide bonds. The number of hydrogen-bond acceptors (Lipinski definition) is 4. The molecule has 2 atom stereocenters. The van der Waals surface area contributed by atoms with Gasteiger partial charge in [-0.25, -0.2) is 4.79 Å². The van der Waals surface area contributed by atoms with E-state index in [1.165, 1.54) is 12.5 Å². The molecule has 0 saturated heterocycles. The van der Waals surface area contributed by atoms with E-state index in [0.717, 1.165) is 19.3 Å². The van der Waals surface area contributed by atoms with Crippen molar-refractivity contribution in [1.82, 2.24) is 5.32 Å². The van der Waals surface area contributed by atoms with Crippen LogP contribution in [0.3, 0.4) is 0 Å². The number of aryl methyl sites for hydroxylation is 1. The highest BCUT2D eigenvalue weighted by Crippen LogP contribution is 2.25. The number of furan rings is 1. The van der Waals surface area contributed by atoms with Crippen molar-refractivity contribution in [1.29, 1.82) is 0 Å². The van der Waals surface area contributed by atoms with Crippen LogP contribution in [-0.4, -0.2) is 29.7 Å². The van der Waals surface area contributed by atoms with Gasteiger partial charge in [0.15, 0.2) is 0 Å². The average Bonchev–Trinajstić information content (AvgIpc) is 2.84. The Hall–Kier alpha value is -1.82. The molecule has 2 N–H and O–H groups in total. The van der Waals surface area contributed by atoms with E-state index in [1.807, 2.05) is 0 Å². The maximum Gasteiger partial charge on any atom is 0.339 e. The van der Waals surface area contributed by atoms with Crippen LogP contribution in [0.5, 0.6) is 0 Å². The van der Waals surface area contributed by atoms with Crippen molar-refractivity contribution in [3.05, 3.63) is 23.2 Å². The number of aromatic carboxylic acids is 1. The van der Waals surface area contributed by atoms with E-state index < -0.39 is 5.97 Å². The summed E-state index contributed by atoms with van der Waals surface area (Å²) in [5.74, 6) is 0.166. The van der Waals surface area contributed by atoms with Crippen LogP contribution >= 0.6 is 0 Å². The number of rotatable bonds is 6. The van der Waals surface area contributed by atoms with Gasteiger partial charge in [0.2, 0.25) is 5.91 Å². The van der Waals surface area contributed by atoms with Crippen molar-refractivity contribution in [3.63, 3.8) is 0 Å². The summed E-state index contributed by atoms with van der Waals surface area (Å²) < 4.78 is 10.9. The average molecular weight is 309 g/mol. The molecular formula is C16H23NO5. The molecule has 1 saturated carbocycles. The first-order chi connectivity index (χ1) is 10.5. The molecule has 0 bridgehead atoms. The van der Waals surface area contributed by atoms with E-state index in [-0.39, 0.29) is 30.7 Å². The summed E-state index contributed by atoms with van der Waals surface area (Å²) in [7, 11) is 0. The highest BCUT2D eigenvalue weighted by Gasteiger charge is 2.20.